The van der Waals surface area contributed by atoms with Crippen molar-refractivity contribution in [3.63, 3.8) is 0 Å². The van der Waals surface area contributed by atoms with E-state index in [0.717, 1.165) is 6.42 Å². The number of ether oxygens (including phenoxy) is 1. The highest BCUT2D eigenvalue weighted by Gasteiger charge is 2.26. The van der Waals surface area contributed by atoms with E-state index in [1.165, 1.54) is 13.1 Å². The van der Waals surface area contributed by atoms with Crippen LogP contribution in [0.3, 0.4) is 0 Å². The molecule has 5 nitrogen and oxygen atoms in total. The number of amides is 1. The summed E-state index contributed by atoms with van der Waals surface area (Å²) in [6, 6.07) is 0. The SMILES string of the molecule is CC(=O)N1CC[C@@H](Oc2nc(Cl)ncc2Cl)C1. The van der Waals surface area contributed by atoms with Crippen LogP contribution < -0.4 is 4.74 Å². The molecule has 1 amide bonds. The highest BCUT2D eigenvalue weighted by molar-refractivity contribution is 6.32. The van der Waals surface area contributed by atoms with E-state index in [-0.39, 0.29) is 23.2 Å². The van der Waals surface area contributed by atoms with E-state index in [4.69, 9.17) is 27.9 Å². The van der Waals surface area contributed by atoms with Crippen molar-refractivity contribution in [2.45, 2.75) is 19.4 Å². The Hall–Kier alpha value is -1.07. The number of hydrogen-bond acceptors (Lipinski definition) is 4. The third-order valence-electron chi connectivity index (χ3n) is 2.55. The van der Waals surface area contributed by atoms with Crippen LogP contribution in [0, 0.1) is 0 Å². The summed E-state index contributed by atoms with van der Waals surface area (Å²) in [7, 11) is 0. The molecule has 0 saturated carbocycles. The van der Waals surface area contributed by atoms with E-state index in [2.05, 4.69) is 9.97 Å². The van der Waals surface area contributed by atoms with Gasteiger partial charge in [0.15, 0.2) is 0 Å². The summed E-state index contributed by atoms with van der Waals surface area (Å²) in [5.41, 5.74) is 0. The van der Waals surface area contributed by atoms with Gasteiger partial charge >= 0.3 is 0 Å². The fraction of sp³-hybridized carbons (Fsp3) is 0.500. The van der Waals surface area contributed by atoms with Gasteiger partial charge in [-0.2, -0.15) is 4.98 Å². The maximum absolute atomic E-state index is 11.2. The Morgan fingerprint density at radius 1 is 1.59 bits per heavy atom. The average Bonchev–Trinajstić information content (AvgIpc) is 2.72. The Labute approximate surface area is 109 Å². The molecule has 1 aromatic rings. The second-order valence-electron chi connectivity index (χ2n) is 3.79. The van der Waals surface area contributed by atoms with Gasteiger partial charge in [0.25, 0.3) is 0 Å². The van der Waals surface area contributed by atoms with Crippen molar-refractivity contribution in [1.29, 1.82) is 0 Å². The van der Waals surface area contributed by atoms with E-state index in [0.29, 0.717) is 18.1 Å². The maximum Gasteiger partial charge on any atom is 0.237 e. The zero-order chi connectivity index (χ0) is 12.4. The average molecular weight is 276 g/mol. The van der Waals surface area contributed by atoms with Crippen LogP contribution in [0.1, 0.15) is 13.3 Å². The lowest BCUT2D eigenvalue weighted by molar-refractivity contribution is -0.128. The number of carbonyl (C=O) groups excluding carboxylic acids is 1. The normalized spacial score (nSPS) is 19.5. The Balaban J connectivity index is 2.02. The van der Waals surface area contributed by atoms with Crippen molar-refractivity contribution in [1.82, 2.24) is 14.9 Å². The fourth-order valence-corrected chi connectivity index (χ4v) is 1.94. The molecule has 1 saturated heterocycles. The summed E-state index contributed by atoms with van der Waals surface area (Å²) in [5, 5.41) is 0.404. The molecule has 0 unspecified atom stereocenters. The standard InChI is InChI=1S/C10H11Cl2N3O2/c1-6(16)15-3-2-7(5-15)17-9-8(11)4-13-10(12)14-9/h4,7H,2-3,5H2,1H3/t7-/m1/s1. The fourth-order valence-electron chi connectivity index (χ4n) is 1.68. The molecule has 1 atom stereocenters. The van der Waals surface area contributed by atoms with E-state index in [1.807, 2.05) is 0 Å². The van der Waals surface area contributed by atoms with Gasteiger partial charge in [0, 0.05) is 19.9 Å². The zero-order valence-electron chi connectivity index (χ0n) is 9.19. The largest absolute Gasteiger partial charge is 0.471 e. The minimum absolute atomic E-state index is 0.0444. The molecule has 92 valence electrons. The maximum atomic E-state index is 11.2. The highest BCUT2D eigenvalue weighted by atomic mass is 35.5. The van der Waals surface area contributed by atoms with Crippen LogP contribution in [0.25, 0.3) is 0 Å². The summed E-state index contributed by atoms with van der Waals surface area (Å²) < 4.78 is 5.61. The van der Waals surface area contributed by atoms with Crippen molar-refractivity contribution in [3.05, 3.63) is 16.5 Å². The number of likely N-dealkylation sites (tertiary alicyclic amines) is 1. The number of hydrogen-bond donors (Lipinski definition) is 0. The van der Waals surface area contributed by atoms with Crippen LogP contribution in [0.15, 0.2) is 6.20 Å². The van der Waals surface area contributed by atoms with Gasteiger partial charge in [-0.3, -0.25) is 4.79 Å². The number of carbonyl (C=O) groups is 1. The number of rotatable bonds is 2. The molecule has 1 aromatic heterocycles. The number of aromatic nitrogens is 2. The molecule has 7 heteroatoms. The van der Waals surface area contributed by atoms with E-state index >= 15 is 0 Å². The lowest BCUT2D eigenvalue weighted by Crippen LogP contribution is -2.28. The molecule has 2 rings (SSSR count). The van der Waals surface area contributed by atoms with Crippen LogP contribution in [-0.4, -0.2) is 40.0 Å². The Bertz CT molecular complexity index is 442. The number of nitrogens with zero attached hydrogens (tertiary/aromatic N) is 3. The molecule has 0 radical (unpaired) electrons. The predicted octanol–water partition coefficient (Wildman–Crippen LogP) is 1.78. The molecule has 1 fully saturated rings. The molecule has 1 aliphatic heterocycles. The predicted molar refractivity (Wildman–Crippen MR) is 63.3 cm³/mol. The van der Waals surface area contributed by atoms with Crippen LogP contribution >= 0.6 is 23.2 Å². The third kappa shape index (κ3) is 2.98. The molecule has 17 heavy (non-hydrogen) atoms. The smallest absolute Gasteiger partial charge is 0.237 e. The Kier molecular flexibility index (Phi) is 3.69. The molecule has 0 N–H and O–H groups in total. The first-order chi connectivity index (χ1) is 8.06. The van der Waals surface area contributed by atoms with E-state index < -0.39 is 0 Å². The van der Waals surface area contributed by atoms with Crippen molar-refractivity contribution in [2.24, 2.45) is 0 Å². The Morgan fingerprint density at radius 2 is 2.35 bits per heavy atom. The molecular weight excluding hydrogens is 265 g/mol. The lowest BCUT2D eigenvalue weighted by Gasteiger charge is -2.15. The summed E-state index contributed by atoms with van der Waals surface area (Å²) in [6.07, 6.45) is 2.06. The van der Waals surface area contributed by atoms with Gasteiger partial charge in [-0.15, -0.1) is 0 Å². The summed E-state index contributed by atoms with van der Waals surface area (Å²) >= 11 is 11.5. The summed E-state index contributed by atoms with van der Waals surface area (Å²) in [5.74, 6) is 0.310. The monoisotopic (exact) mass is 275 g/mol. The minimum Gasteiger partial charge on any atom is -0.471 e. The van der Waals surface area contributed by atoms with Crippen LogP contribution in [0.4, 0.5) is 0 Å². The van der Waals surface area contributed by atoms with E-state index in [9.17, 15) is 4.79 Å². The van der Waals surface area contributed by atoms with Gasteiger partial charge in [-0.1, -0.05) is 11.6 Å². The second kappa shape index (κ2) is 5.06. The zero-order valence-corrected chi connectivity index (χ0v) is 10.7. The Morgan fingerprint density at radius 3 is 3.00 bits per heavy atom. The van der Waals surface area contributed by atoms with Crippen LogP contribution in [-0.2, 0) is 4.79 Å². The van der Waals surface area contributed by atoms with Gasteiger partial charge in [0.1, 0.15) is 11.1 Å². The van der Waals surface area contributed by atoms with Crippen LogP contribution in [0.5, 0.6) is 5.88 Å². The minimum atomic E-state index is -0.0950. The number of halogens is 2. The lowest BCUT2D eigenvalue weighted by atomic mass is 10.3. The first-order valence-electron chi connectivity index (χ1n) is 5.16. The van der Waals surface area contributed by atoms with Gasteiger partial charge in [-0.05, 0) is 11.6 Å². The summed E-state index contributed by atoms with van der Waals surface area (Å²) in [6.45, 7) is 2.78. The van der Waals surface area contributed by atoms with Gasteiger partial charge < -0.3 is 9.64 Å². The molecule has 0 aliphatic carbocycles. The van der Waals surface area contributed by atoms with Crippen molar-refractivity contribution in [3.8, 4) is 5.88 Å². The van der Waals surface area contributed by atoms with Crippen molar-refractivity contribution in [2.75, 3.05) is 13.1 Å². The van der Waals surface area contributed by atoms with Gasteiger partial charge in [0.2, 0.25) is 17.1 Å². The molecule has 2 heterocycles. The van der Waals surface area contributed by atoms with Crippen molar-refractivity contribution < 1.29 is 9.53 Å². The first kappa shape index (κ1) is 12.4. The highest BCUT2D eigenvalue weighted by Crippen LogP contribution is 2.25. The quantitative estimate of drug-likeness (QED) is 0.773. The molecular formula is C10H11Cl2N3O2. The molecule has 0 spiro atoms. The summed E-state index contributed by atoms with van der Waals surface area (Å²) in [4.78, 5) is 20.5. The van der Waals surface area contributed by atoms with Crippen LogP contribution in [0.2, 0.25) is 10.3 Å². The molecule has 0 bridgehead atoms. The molecule has 0 aromatic carbocycles. The van der Waals surface area contributed by atoms with E-state index in [1.54, 1.807) is 4.90 Å². The first-order valence-corrected chi connectivity index (χ1v) is 5.92. The third-order valence-corrected chi connectivity index (χ3v) is 2.99. The van der Waals surface area contributed by atoms with Gasteiger partial charge in [-0.25, -0.2) is 4.98 Å². The van der Waals surface area contributed by atoms with Crippen molar-refractivity contribution >= 4 is 29.1 Å². The topological polar surface area (TPSA) is 55.3 Å². The second-order valence-corrected chi connectivity index (χ2v) is 4.53. The van der Waals surface area contributed by atoms with Gasteiger partial charge in [0.05, 0.1) is 12.7 Å². The molecule has 1 aliphatic rings.